The van der Waals surface area contributed by atoms with Crippen molar-refractivity contribution < 1.29 is 14.3 Å². The van der Waals surface area contributed by atoms with E-state index >= 15 is 0 Å². The van der Waals surface area contributed by atoms with Gasteiger partial charge in [-0.1, -0.05) is 47.5 Å². The number of ether oxygens (including phenoxy) is 1. The van der Waals surface area contributed by atoms with Crippen molar-refractivity contribution in [3.8, 4) is 0 Å². The Morgan fingerprint density at radius 3 is 2.29 bits per heavy atom. The number of hydrogen-bond acceptors (Lipinski definition) is 3. The maximum atomic E-state index is 13.5. The highest BCUT2D eigenvalue weighted by Crippen LogP contribution is 2.23. The van der Waals surface area contributed by atoms with Crippen LogP contribution in [-0.4, -0.2) is 28.4 Å². The molecule has 3 aromatic rings. The Kier molecular flexibility index (Phi) is 6.95. The summed E-state index contributed by atoms with van der Waals surface area (Å²) in [6, 6.07) is 15.8. The van der Waals surface area contributed by atoms with Crippen LogP contribution in [0.5, 0.6) is 0 Å². The molecule has 0 aliphatic rings. The van der Waals surface area contributed by atoms with Gasteiger partial charge >= 0.3 is 5.97 Å². The Labute approximate surface area is 184 Å². The molecule has 1 amide bonds. The van der Waals surface area contributed by atoms with E-state index in [1.807, 2.05) is 69.0 Å². The lowest BCUT2D eigenvalue weighted by molar-refractivity contribution is 0.0519. The van der Waals surface area contributed by atoms with E-state index in [1.165, 1.54) is 5.56 Å². The molecule has 0 saturated carbocycles. The van der Waals surface area contributed by atoms with Gasteiger partial charge in [-0.3, -0.25) is 4.79 Å². The zero-order chi connectivity index (χ0) is 22.5. The molecule has 0 aliphatic heterocycles. The molecule has 0 atom stereocenters. The molecule has 5 heteroatoms. The summed E-state index contributed by atoms with van der Waals surface area (Å²) >= 11 is 0. The summed E-state index contributed by atoms with van der Waals surface area (Å²) in [5, 5.41) is 0. The summed E-state index contributed by atoms with van der Waals surface area (Å²) in [4.78, 5) is 30.7. The van der Waals surface area contributed by atoms with Crippen LogP contribution in [0.15, 0.2) is 48.5 Å². The predicted molar refractivity (Wildman–Crippen MR) is 122 cm³/mol. The molecule has 3 rings (SSSR count). The van der Waals surface area contributed by atoms with E-state index in [4.69, 9.17) is 4.74 Å². The lowest BCUT2D eigenvalue weighted by Gasteiger charge is -2.24. The third-order valence-corrected chi connectivity index (χ3v) is 5.47. The maximum Gasteiger partial charge on any atom is 0.355 e. The van der Waals surface area contributed by atoms with Crippen LogP contribution in [-0.2, 0) is 17.8 Å². The second kappa shape index (κ2) is 9.65. The highest BCUT2D eigenvalue weighted by atomic mass is 16.5. The lowest BCUT2D eigenvalue weighted by Crippen LogP contribution is -2.30. The molecule has 1 heterocycles. The number of amides is 1. The summed E-state index contributed by atoms with van der Waals surface area (Å²) in [5.41, 5.74) is 7.01. The van der Waals surface area contributed by atoms with E-state index in [9.17, 15) is 9.59 Å². The van der Waals surface area contributed by atoms with E-state index < -0.39 is 0 Å². The Balaban J connectivity index is 1.96. The van der Waals surface area contributed by atoms with Gasteiger partial charge in [0.25, 0.3) is 5.91 Å². The fraction of sp³-hybridized carbons (Fsp3) is 0.308. The van der Waals surface area contributed by atoms with Crippen molar-refractivity contribution >= 4 is 11.9 Å². The Hall–Kier alpha value is -3.34. The van der Waals surface area contributed by atoms with Crippen molar-refractivity contribution in [2.75, 3.05) is 6.61 Å². The molecule has 0 radical (unpaired) electrons. The van der Waals surface area contributed by atoms with E-state index in [0.717, 1.165) is 27.9 Å². The average molecular weight is 419 g/mol. The van der Waals surface area contributed by atoms with Crippen molar-refractivity contribution in [1.29, 1.82) is 0 Å². The number of nitrogens with one attached hydrogen (secondary N) is 1. The number of aromatic nitrogens is 1. The first-order valence-corrected chi connectivity index (χ1v) is 10.6. The second-order valence-corrected chi connectivity index (χ2v) is 7.97. The normalized spacial score (nSPS) is 10.7. The summed E-state index contributed by atoms with van der Waals surface area (Å²) < 4.78 is 5.17. The zero-order valence-electron chi connectivity index (χ0n) is 18.9. The van der Waals surface area contributed by atoms with Crippen LogP contribution in [0.1, 0.15) is 61.3 Å². The number of nitrogens with zero attached hydrogens (tertiary/aromatic N) is 1. The molecule has 5 nitrogen and oxygen atoms in total. The van der Waals surface area contributed by atoms with Crippen molar-refractivity contribution in [1.82, 2.24) is 9.88 Å². The topological polar surface area (TPSA) is 62.4 Å². The molecule has 1 N–H and O–H groups in total. The fourth-order valence-electron chi connectivity index (χ4n) is 3.70. The standard InChI is InChI=1S/C26H30N2O3/c1-6-31-26(30)24-19(4)23(20(5)27-24)16-28(15-21-12-10-17(2)11-13-21)25(29)22-9-7-8-18(3)14-22/h7-14,27H,6,15-16H2,1-5H3. The van der Waals surface area contributed by atoms with Crippen LogP contribution in [0.3, 0.4) is 0 Å². The number of H-pyrrole nitrogens is 1. The number of esters is 1. The third-order valence-electron chi connectivity index (χ3n) is 5.47. The molecule has 0 bridgehead atoms. The van der Waals surface area contributed by atoms with E-state index in [1.54, 1.807) is 6.92 Å². The predicted octanol–water partition coefficient (Wildman–Crippen LogP) is 5.27. The van der Waals surface area contributed by atoms with Gasteiger partial charge in [-0.15, -0.1) is 0 Å². The first-order valence-electron chi connectivity index (χ1n) is 10.6. The number of carbonyl (C=O) groups is 2. The smallest absolute Gasteiger partial charge is 0.355 e. The molecule has 162 valence electrons. The molecule has 2 aromatic carbocycles. The van der Waals surface area contributed by atoms with Crippen LogP contribution in [0.2, 0.25) is 0 Å². The van der Waals surface area contributed by atoms with Gasteiger partial charge in [0.1, 0.15) is 5.69 Å². The van der Waals surface area contributed by atoms with Crippen molar-refractivity contribution in [3.63, 3.8) is 0 Å². The largest absolute Gasteiger partial charge is 0.461 e. The minimum absolute atomic E-state index is 0.0399. The van der Waals surface area contributed by atoms with Crippen molar-refractivity contribution in [3.05, 3.63) is 93.3 Å². The molecule has 31 heavy (non-hydrogen) atoms. The molecule has 0 unspecified atom stereocenters. The molecule has 0 aliphatic carbocycles. The molecule has 0 saturated heterocycles. The van der Waals surface area contributed by atoms with Crippen LogP contribution >= 0.6 is 0 Å². The summed E-state index contributed by atoms with van der Waals surface area (Å²) in [6.45, 7) is 10.8. The minimum Gasteiger partial charge on any atom is -0.461 e. The second-order valence-electron chi connectivity index (χ2n) is 7.97. The van der Waals surface area contributed by atoms with Crippen LogP contribution in [0.25, 0.3) is 0 Å². The van der Waals surface area contributed by atoms with E-state index in [-0.39, 0.29) is 11.9 Å². The fourth-order valence-corrected chi connectivity index (χ4v) is 3.70. The van der Waals surface area contributed by atoms with Gasteiger partial charge in [0.05, 0.1) is 6.61 Å². The van der Waals surface area contributed by atoms with E-state index in [0.29, 0.717) is 31.0 Å². The number of rotatable bonds is 7. The quantitative estimate of drug-likeness (QED) is 0.532. The molecule has 0 fully saturated rings. The first kappa shape index (κ1) is 22.3. The summed E-state index contributed by atoms with van der Waals surface area (Å²) in [5.74, 6) is -0.411. The van der Waals surface area contributed by atoms with Gasteiger partial charge < -0.3 is 14.6 Å². The molecule has 1 aromatic heterocycles. The number of benzene rings is 2. The maximum absolute atomic E-state index is 13.5. The van der Waals surface area contributed by atoms with Crippen LogP contribution < -0.4 is 0 Å². The van der Waals surface area contributed by atoms with Gasteiger partial charge in [-0.25, -0.2) is 4.79 Å². The van der Waals surface area contributed by atoms with Crippen LogP contribution in [0.4, 0.5) is 0 Å². The molecular formula is C26H30N2O3. The average Bonchev–Trinajstić information content (AvgIpc) is 3.02. The first-order chi connectivity index (χ1) is 14.8. The third kappa shape index (κ3) is 5.23. The van der Waals surface area contributed by atoms with Gasteiger partial charge in [-0.05, 0) is 63.4 Å². The van der Waals surface area contributed by atoms with E-state index in [2.05, 4.69) is 17.1 Å². The molecular weight excluding hydrogens is 388 g/mol. The summed E-state index contributed by atoms with van der Waals surface area (Å²) in [7, 11) is 0. The highest BCUT2D eigenvalue weighted by Gasteiger charge is 2.23. The SMILES string of the molecule is CCOC(=O)c1[nH]c(C)c(CN(Cc2ccc(C)cc2)C(=O)c2cccc(C)c2)c1C. The number of aromatic amines is 1. The highest BCUT2D eigenvalue weighted by molar-refractivity contribution is 5.94. The van der Waals surface area contributed by atoms with Crippen molar-refractivity contribution in [2.24, 2.45) is 0 Å². The Morgan fingerprint density at radius 2 is 1.65 bits per heavy atom. The van der Waals surface area contributed by atoms with Gasteiger partial charge in [0.15, 0.2) is 0 Å². The number of hydrogen-bond donors (Lipinski definition) is 1. The van der Waals surface area contributed by atoms with Crippen molar-refractivity contribution in [2.45, 2.75) is 47.7 Å². The van der Waals surface area contributed by atoms with Gasteiger partial charge in [-0.2, -0.15) is 0 Å². The Bertz CT molecular complexity index is 1080. The summed E-state index contributed by atoms with van der Waals surface area (Å²) in [6.07, 6.45) is 0. The number of carbonyl (C=O) groups excluding carboxylic acids is 2. The van der Waals surface area contributed by atoms with Crippen LogP contribution in [0, 0.1) is 27.7 Å². The number of aryl methyl sites for hydroxylation is 3. The lowest BCUT2D eigenvalue weighted by atomic mass is 10.1. The Morgan fingerprint density at radius 1 is 0.935 bits per heavy atom. The monoisotopic (exact) mass is 418 g/mol. The zero-order valence-corrected chi connectivity index (χ0v) is 18.9. The van der Waals surface area contributed by atoms with Gasteiger partial charge in [0, 0.05) is 24.3 Å². The minimum atomic E-state index is -0.371. The molecule has 0 spiro atoms. The van der Waals surface area contributed by atoms with Gasteiger partial charge in [0.2, 0.25) is 0 Å².